The van der Waals surface area contributed by atoms with Gasteiger partial charge in [-0.2, -0.15) is 0 Å². The van der Waals surface area contributed by atoms with Gasteiger partial charge in [0.15, 0.2) is 0 Å². The Bertz CT molecular complexity index is 306. The highest BCUT2D eigenvalue weighted by molar-refractivity contribution is 5.46. The SMILES string of the molecule is CCNc1cc(NCC(C)CCO)ncn1. The summed E-state index contributed by atoms with van der Waals surface area (Å²) in [7, 11) is 0. The Balaban J connectivity index is 2.44. The Labute approximate surface area is 96.3 Å². The molecule has 0 bridgehead atoms. The summed E-state index contributed by atoms with van der Waals surface area (Å²) in [5.74, 6) is 2.08. The smallest absolute Gasteiger partial charge is 0.131 e. The highest BCUT2D eigenvalue weighted by atomic mass is 16.3. The van der Waals surface area contributed by atoms with Gasteiger partial charge >= 0.3 is 0 Å². The Morgan fingerprint density at radius 1 is 1.31 bits per heavy atom. The molecular formula is C11H20N4O. The molecule has 1 heterocycles. The summed E-state index contributed by atoms with van der Waals surface area (Å²) in [6, 6.07) is 1.88. The number of anilines is 2. The van der Waals surface area contributed by atoms with Crippen molar-refractivity contribution in [3.63, 3.8) is 0 Å². The number of aliphatic hydroxyl groups excluding tert-OH is 1. The van der Waals surface area contributed by atoms with E-state index in [9.17, 15) is 0 Å². The second-order valence-electron chi connectivity index (χ2n) is 3.82. The standard InChI is InChI=1S/C11H20N4O/c1-3-12-10-6-11(15-8-14-10)13-7-9(2)4-5-16/h6,8-9,16H,3-5,7H2,1-2H3,(H2,12,13,14,15). The van der Waals surface area contributed by atoms with Crippen molar-refractivity contribution in [2.75, 3.05) is 30.3 Å². The minimum absolute atomic E-state index is 0.231. The fourth-order valence-electron chi connectivity index (χ4n) is 1.33. The zero-order valence-corrected chi connectivity index (χ0v) is 9.90. The van der Waals surface area contributed by atoms with Gasteiger partial charge in [0.2, 0.25) is 0 Å². The summed E-state index contributed by atoms with van der Waals surface area (Å²) in [5, 5.41) is 15.1. The maximum Gasteiger partial charge on any atom is 0.131 e. The number of hydrogen-bond donors (Lipinski definition) is 3. The van der Waals surface area contributed by atoms with Gasteiger partial charge in [-0.15, -0.1) is 0 Å². The monoisotopic (exact) mass is 224 g/mol. The van der Waals surface area contributed by atoms with Crippen LogP contribution in [0.3, 0.4) is 0 Å². The van der Waals surface area contributed by atoms with E-state index in [1.54, 1.807) is 0 Å². The molecule has 0 saturated carbocycles. The zero-order chi connectivity index (χ0) is 11.8. The van der Waals surface area contributed by atoms with Crippen LogP contribution in [0, 0.1) is 5.92 Å². The lowest BCUT2D eigenvalue weighted by atomic mass is 10.1. The molecule has 1 rings (SSSR count). The van der Waals surface area contributed by atoms with E-state index in [2.05, 4.69) is 27.5 Å². The van der Waals surface area contributed by atoms with Crippen LogP contribution in [-0.4, -0.2) is 34.8 Å². The van der Waals surface area contributed by atoms with Crippen LogP contribution in [0.2, 0.25) is 0 Å². The van der Waals surface area contributed by atoms with E-state index in [-0.39, 0.29) is 6.61 Å². The molecule has 16 heavy (non-hydrogen) atoms. The van der Waals surface area contributed by atoms with E-state index in [0.29, 0.717) is 5.92 Å². The van der Waals surface area contributed by atoms with E-state index in [1.165, 1.54) is 6.33 Å². The van der Waals surface area contributed by atoms with Crippen LogP contribution in [0.15, 0.2) is 12.4 Å². The lowest BCUT2D eigenvalue weighted by Gasteiger charge is -2.12. The molecule has 0 aliphatic rings. The number of nitrogens with one attached hydrogen (secondary N) is 2. The van der Waals surface area contributed by atoms with E-state index in [0.717, 1.165) is 31.1 Å². The fraction of sp³-hybridized carbons (Fsp3) is 0.636. The molecule has 5 nitrogen and oxygen atoms in total. The maximum atomic E-state index is 8.78. The predicted octanol–water partition coefficient (Wildman–Crippen LogP) is 1.34. The van der Waals surface area contributed by atoms with Gasteiger partial charge in [-0.25, -0.2) is 9.97 Å². The first-order valence-electron chi connectivity index (χ1n) is 5.67. The zero-order valence-electron chi connectivity index (χ0n) is 9.90. The average molecular weight is 224 g/mol. The maximum absolute atomic E-state index is 8.78. The molecule has 0 spiro atoms. The molecule has 1 aromatic rings. The van der Waals surface area contributed by atoms with Crippen LogP contribution >= 0.6 is 0 Å². The Kier molecular flexibility index (Phi) is 5.56. The molecule has 0 amide bonds. The minimum atomic E-state index is 0.231. The predicted molar refractivity (Wildman–Crippen MR) is 65.6 cm³/mol. The molecule has 90 valence electrons. The van der Waals surface area contributed by atoms with Crippen LogP contribution in [-0.2, 0) is 0 Å². The van der Waals surface area contributed by atoms with Crippen LogP contribution in [0.1, 0.15) is 20.3 Å². The number of aliphatic hydroxyl groups is 1. The second kappa shape index (κ2) is 7.00. The van der Waals surface area contributed by atoms with E-state index >= 15 is 0 Å². The number of nitrogens with zero attached hydrogens (tertiary/aromatic N) is 2. The molecule has 3 N–H and O–H groups in total. The molecule has 0 saturated heterocycles. The third kappa shape index (κ3) is 4.44. The van der Waals surface area contributed by atoms with Crippen LogP contribution < -0.4 is 10.6 Å². The van der Waals surface area contributed by atoms with Gasteiger partial charge in [0.25, 0.3) is 0 Å². The minimum Gasteiger partial charge on any atom is -0.396 e. The molecule has 0 aromatic carbocycles. The third-order valence-electron chi connectivity index (χ3n) is 2.28. The molecular weight excluding hydrogens is 204 g/mol. The van der Waals surface area contributed by atoms with Crippen molar-refractivity contribution >= 4 is 11.6 Å². The Morgan fingerprint density at radius 2 is 2.00 bits per heavy atom. The normalized spacial score (nSPS) is 12.2. The van der Waals surface area contributed by atoms with Gasteiger partial charge in [0, 0.05) is 25.8 Å². The summed E-state index contributed by atoms with van der Waals surface area (Å²) in [4.78, 5) is 8.22. The largest absolute Gasteiger partial charge is 0.396 e. The lowest BCUT2D eigenvalue weighted by Crippen LogP contribution is -2.13. The number of aromatic nitrogens is 2. The van der Waals surface area contributed by atoms with Crippen LogP contribution in [0.25, 0.3) is 0 Å². The molecule has 0 aliphatic carbocycles. The molecule has 0 fully saturated rings. The van der Waals surface area contributed by atoms with Crippen molar-refractivity contribution in [3.05, 3.63) is 12.4 Å². The van der Waals surface area contributed by atoms with Crippen LogP contribution in [0.4, 0.5) is 11.6 Å². The van der Waals surface area contributed by atoms with Crippen molar-refractivity contribution in [1.82, 2.24) is 9.97 Å². The molecule has 0 aliphatic heterocycles. The number of hydrogen-bond acceptors (Lipinski definition) is 5. The Hall–Kier alpha value is -1.36. The van der Waals surface area contributed by atoms with Gasteiger partial charge in [-0.1, -0.05) is 6.92 Å². The van der Waals surface area contributed by atoms with E-state index < -0.39 is 0 Å². The highest BCUT2D eigenvalue weighted by Gasteiger charge is 2.02. The summed E-state index contributed by atoms with van der Waals surface area (Å²) < 4.78 is 0. The molecule has 1 aromatic heterocycles. The van der Waals surface area contributed by atoms with E-state index in [4.69, 9.17) is 5.11 Å². The molecule has 1 atom stereocenters. The lowest BCUT2D eigenvalue weighted by molar-refractivity contribution is 0.266. The van der Waals surface area contributed by atoms with Gasteiger partial charge < -0.3 is 15.7 Å². The number of rotatable bonds is 7. The summed E-state index contributed by atoms with van der Waals surface area (Å²) >= 11 is 0. The van der Waals surface area contributed by atoms with Crippen molar-refractivity contribution in [3.8, 4) is 0 Å². The molecule has 1 unspecified atom stereocenters. The van der Waals surface area contributed by atoms with Gasteiger partial charge in [0.1, 0.15) is 18.0 Å². The van der Waals surface area contributed by atoms with Crippen molar-refractivity contribution < 1.29 is 5.11 Å². The third-order valence-corrected chi connectivity index (χ3v) is 2.28. The van der Waals surface area contributed by atoms with Crippen molar-refractivity contribution in [2.45, 2.75) is 20.3 Å². The van der Waals surface area contributed by atoms with Gasteiger partial charge in [-0.05, 0) is 19.3 Å². The average Bonchev–Trinajstić information content (AvgIpc) is 2.28. The topological polar surface area (TPSA) is 70.1 Å². The molecule has 5 heteroatoms. The van der Waals surface area contributed by atoms with Gasteiger partial charge in [-0.3, -0.25) is 0 Å². The second-order valence-corrected chi connectivity index (χ2v) is 3.82. The van der Waals surface area contributed by atoms with Crippen molar-refractivity contribution in [2.24, 2.45) is 5.92 Å². The first-order chi connectivity index (χ1) is 7.76. The van der Waals surface area contributed by atoms with Gasteiger partial charge in [0.05, 0.1) is 0 Å². The Morgan fingerprint density at radius 3 is 2.62 bits per heavy atom. The fourth-order valence-corrected chi connectivity index (χ4v) is 1.33. The first kappa shape index (κ1) is 12.7. The molecule has 0 radical (unpaired) electrons. The first-order valence-corrected chi connectivity index (χ1v) is 5.67. The summed E-state index contributed by atoms with van der Waals surface area (Å²) in [5.41, 5.74) is 0. The van der Waals surface area contributed by atoms with Crippen molar-refractivity contribution in [1.29, 1.82) is 0 Å². The van der Waals surface area contributed by atoms with Crippen LogP contribution in [0.5, 0.6) is 0 Å². The van der Waals surface area contributed by atoms with E-state index in [1.807, 2.05) is 13.0 Å². The summed E-state index contributed by atoms with van der Waals surface area (Å²) in [6.45, 7) is 6.00. The summed E-state index contributed by atoms with van der Waals surface area (Å²) in [6.07, 6.45) is 2.34. The highest BCUT2D eigenvalue weighted by Crippen LogP contribution is 2.09. The quantitative estimate of drug-likeness (QED) is 0.652.